The fourth-order valence-corrected chi connectivity index (χ4v) is 2.95. The van der Waals surface area contributed by atoms with Crippen LogP contribution < -0.4 is 15.6 Å². The molecule has 10 heteroatoms. The molecule has 1 aromatic carbocycles. The van der Waals surface area contributed by atoms with Crippen LogP contribution >= 0.6 is 11.3 Å². The van der Waals surface area contributed by atoms with Gasteiger partial charge in [0.05, 0.1) is 12.2 Å². The second-order valence-electron chi connectivity index (χ2n) is 5.06. The molecule has 3 rings (SSSR count). The average molecular weight is 370 g/mol. The standard InChI is InChI=1S/C15H13F3N4O2S/c1-2-12-21-22-13(23)7-10(20-14(22)25-12)8-19-9-3-5-11(6-4-9)24-15(16,17)18/h3-7,19H,2,8H2,1H3. The minimum Gasteiger partial charge on any atom is -0.406 e. The topological polar surface area (TPSA) is 68.5 Å². The first-order valence-electron chi connectivity index (χ1n) is 7.32. The summed E-state index contributed by atoms with van der Waals surface area (Å²) in [4.78, 5) is 16.9. The van der Waals surface area contributed by atoms with Gasteiger partial charge in [-0.05, 0) is 30.7 Å². The number of aryl methyl sites for hydroxylation is 1. The summed E-state index contributed by atoms with van der Waals surface area (Å²) in [7, 11) is 0. The number of anilines is 1. The molecular weight excluding hydrogens is 357 g/mol. The molecular formula is C15H13F3N4O2S. The van der Waals surface area contributed by atoms with Gasteiger partial charge in [-0.2, -0.15) is 9.61 Å². The van der Waals surface area contributed by atoms with E-state index in [2.05, 4.69) is 20.1 Å². The van der Waals surface area contributed by atoms with Crippen molar-refractivity contribution in [3.8, 4) is 5.75 Å². The van der Waals surface area contributed by atoms with Gasteiger partial charge in [0.25, 0.3) is 5.56 Å². The number of rotatable bonds is 5. The highest BCUT2D eigenvalue weighted by Gasteiger charge is 2.30. The monoisotopic (exact) mass is 370 g/mol. The number of nitrogens with one attached hydrogen (secondary N) is 1. The maximum Gasteiger partial charge on any atom is 0.573 e. The second-order valence-corrected chi connectivity index (χ2v) is 6.10. The lowest BCUT2D eigenvalue weighted by Gasteiger charge is -2.10. The Bertz CT molecular complexity index is 935. The zero-order valence-electron chi connectivity index (χ0n) is 13.0. The number of hydrogen-bond acceptors (Lipinski definition) is 6. The molecule has 6 nitrogen and oxygen atoms in total. The summed E-state index contributed by atoms with van der Waals surface area (Å²) in [5, 5.41) is 7.98. The summed E-state index contributed by atoms with van der Waals surface area (Å²) >= 11 is 1.34. The van der Waals surface area contributed by atoms with Crippen molar-refractivity contribution < 1.29 is 17.9 Å². The molecule has 3 aromatic rings. The molecule has 0 saturated carbocycles. The van der Waals surface area contributed by atoms with E-state index in [-0.39, 0.29) is 17.9 Å². The van der Waals surface area contributed by atoms with Crippen molar-refractivity contribution in [1.82, 2.24) is 14.6 Å². The number of ether oxygens (including phenoxy) is 1. The molecule has 0 aliphatic rings. The number of hydrogen-bond donors (Lipinski definition) is 1. The Morgan fingerprint density at radius 2 is 2.00 bits per heavy atom. The number of fused-ring (bicyclic) bond motifs is 1. The molecule has 0 unspecified atom stereocenters. The first kappa shape index (κ1) is 17.2. The average Bonchev–Trinajstić information content (AvgIpc) is 2.97. The van der Waals surface area contributed by atoms with Crippen molar-refractivity contribution in [3.63, 3.8) is 0 Å². The molecule has 0 spiro atoms. The van der Waals surface area contributed by atoms with E-state index in [0.29, 0.717) is 22.8 Å². The third-order valence-electron chi connectivity index (χ3n) is 3.20. The summed E-state index contributed by atoms with van der Waals surface area (Å²) in [6.45, 7) is 2.20. The van der Waals surface area contributed by atoms with Gasteiger partial charge in [0.1, 0.15) is 10.8 Å². The van der Waals surface area contributed by atoms with Crippen molar-refractivity contribution in [1.29, 1.82) is 0 Å². The number of alkyl halides is 3. The highest BCUT2D eigenvalue weighted by molar-refractivity contribution is 7.16. The smallest absolute Gasteiger partial charge is 0.406 e. The van der Waals surface area contributed by atoms with Crippen molar-refractivity contribution >= 4 is 22.0 Å². The minimum atomic E-state index is -4.72. The van der Waals surface area contributed by atoms with Crippen molar-refractivity contribution in [2.24, 2.45) is 0 Å². The van der Waals surface area contributed by atoms with Crippen LogP contribution in [0.4, 0.5) is 18.9 Å². The van der Waals surface area contributed by atoms with Gasteiger partial charge in [-0.15, -0.1) is 13.2 Å². The van der Waals surface area contributed by atoms with Gasteiger partial charge < -0.3 is 10.1 Å². The van der Waals surface area contributed by atoms with E-state index < -0.39 is 6.36 Å². The van der Waals surface area contributed by atoms with Gasteiger partial charge >= 0.3 is 6.36 Å². The third-order valence-corrected chi connectivity index (χ3v) is 4.26. The maximum absolute atomic E-state index is 12.1. The van der Waals surface area contributed by atoms with E-state index in [0.717, 1.165) is 5.01 Å². The number of benzene rings is 1. The highest BCUT2D eigenvalue weighted by atomic mass is 32.1. The fraction of sp³-hybridized carbons (Fsp3) is 0.267. The van der Waals surface area contributed by atoms with E-state index in [1.54, 1.807) is 0 Å². The minimum absolute atomic E-state index is 0.255. The van der Waals surface area contributed by atoms with E-state index in [9.17, 15) is 18.0 Å². The van der Waals surface area contributed by atoms with Gasteiger partial charge in [0, 0.05) is 11.8 Å². The lowest BCUT2D eigenvalue weighted by atomic mass is 10.3. The predicted octanol–water partition coefficient (Wildman–Crippen LogP) is 3.22. The molecule has 0 amide bonds. The molecule has 1 N–H and O–H groups in total. The largest absolute Gasteiger partial charge is 0.573 e. The Hall–Kier alpha value is -2.62. The van der Waals surface area contributed by atoms with Gasteiger partial charge in [-0.25, -0.2) is 4.98 Å². The Balaban J connectivity index is 1.71. The molecule has 0 fully saturated rings. The molecule has 0 radical (unpaired) electrons. The van der Waals surface area contributed by atoms with E-state index in [1.807, 2.05) is 6.92 Å². The summed E-state index contributed by atoms with van der Waals surface area (Å²) in [6, 6.07) is 6.69. The zero-order chi connectivity index (χ0) is 18.0. The first-order chi connectivity index (χ1) is 11.8. The summed E-state index contributed by atoms with van der Waals surface area (Å²) in [5.74, 6) is -0.299. The SMILES string of the molecule is CCc1nn2c(=O)cc(CNc3ccc(OC(F)(F)F)cc3)nc2s1. The second kappa shape index (κ2) is 6.71. The lowest BCUT2D eigenvalue weighted by Crippen LogP contribution is -2.17. The third kappa shape index (κ3) is 4.27. The molecule has 2 heterocycles. The Kier molecular flexibility index (Phi) is 4.62. The molecule has 0 aliphatic carbocycles. The van der Waals surface area contributed by atoms with Crippen molar-refractivity contribution in [2.75, 3.05) is 5.32 Å². The van der Waals surface area contributed by atoms with Crippen LogP contribution in [0.1, 0.15) is 17.6 Å². The highest BCUT2D eigenvalue weighted by Crippen LogP contribution is 2.24. The quantitative estimate of drug-likeness (QED) is 0.747. The van der Waals surface area contributed by atoms with Crippen LogP contribution in [0.25, 0.3) is 4.96 Å². The van der Waals surface area contributed by atoms with Gasteiger partial charge in [0.2, 0.25) is 4.96 Å². The van der Waals surface area contributed by atoms with Crippen LogP contribution in [0.5, 0.6) is 5.75 Å². The van der Waals surface area contributed by atoms with Crippen LogP contribution in [0.2, 0.25) is 0 Å². The molecule has 0 aliphatic heterocycles. The lowest BCUT2D eigenvalue weighted by molar-refractivity contribution is -0.274. The Morgan fingerprint density at radius 3 is 2.64 bits per heavy atom. The van der Waals surface area contributed by atoms with E-state index in [1.165, 1.54) is 46.2 Å². The maximum atomic E-state index is 12.1. The summed E-state index contributed by atoms with van der Waals surface area (Å²) < 4.78 is 41.4. The predicted molar refractivity (Wildman–Crippen MR) is 87.0 cm³/mol. The van der Waals surface area contributed by atoms with Crippen molar-refractivity contribution in [3.05, 3.63) is 51.4 Å². The Morgan fingerprint density at radius 1 is 1.28 bits per heavy atom. The van der Waals surface area contributed by atoms with Gasteiger partial charge in [-0.1, -0.05) is 18.3 Å². The molecule has 25 heavy (non-hydrogen) atoms. The van der Waals surface area contributed by atoms with E-state index >= 15 is 0 Å². The normalized spacial score (nSPS) is 11.7. The van der Waals surface area contributed by atoms with Gasteiger partial charge in [-0.3, -0.25) is 4.79 Å². The summed E-state index contributed by atoms with van der Waals surface area (Å²) in [5.41, 5.74) is 0.827. The molecule has 132 valence electrons. The summed E-state index contributed by atoms with van der Waals surface area (Å²) in [6.07, 6.45) is -4.00. The number of nitrogens with zero attached hydrogens (tertiary/aromatic N) is 3. The first-order valence-corrected chi connectivity index (χ1v) is 8.14. The Labute approximate surface area is 143 Å². The van der Waals surface area contributed by atoms with Gasteiger partial charge in [0.15, 0.2) is 0 Å². The van der Waals surface area contributed by atoms with Crippen molar-refractivity contribution in [2.45, 2.75) is 26.3 Å². The van der Waals surface area contributed by atoms with E-state index in [4.69, 9.17) is 0 Å². The number of halogens is 3. The molecule has 0 bridgehead atoms. The zero-order valence-corrected chi connectivity index (χ0v) is 13.8. The van der Waals surface area contributed by atoms with Crippen LogP contribution in [-0.2, 0) is 13.0 Å². The van der Waals surface area contributed by atoms with Crippen LogP contribution in [0.15, 0.2) is 35.1 Å². The van der Waals surface area contributed by atoms with Crippen LogP contribution in [0, 0.1) is 0 Å². The fourth-order valence-electron chi connectivity index (χ4n) is 2.10. The molecule has 0 saturated heterocycles. The molecule has 0 atom stereocenters. The number of aromatic nitrogens is 3. The van der Waals surface area contributed by atoms with Crippen LogP contribution in [0.3, 0.4) is 0 Å². The molecule has 2 aromatic heterocycles. The van der Waals surface area contributed by atoms with Crippen LogP contribution in [-0.4, -0.2) is 21.0 Å².